The van der Waals surface area contributed by atoms with Crippen molar-refractivity contribution < 1.29 is 9.47 Å². The van der Waals surface area contributed by atoms with Crippen LogP contribution in [0.1, 0.15) is 36.8 Å². The zero-order valence-electron chi connectivity index (χ0n) is 16.0. The molecular weight excluding hydrogens is 402 g/mol. The molecule has 1 fully saturated rings. The van der Waals surface area contributed by atoms with Crippen LogP contribution in [0.2, 0.25) is 0 Å². The molecule has 27 heavy (non-hydrogen) atoms. The van der Waals surface area contributed by atoms with Crippen molar-refractivity contribution in [3.63, 3.8) is 0 Å². The van der Waals surface area contributed by atoms with Crippen molar-refractivity contribution in [2.24, 2.45) is 0 Å². The summed E-state index contributed by atoms with van der Waals surface area (Å²) in [6, 6.07) is 17.5. The molecule has 3 nitrogen and oxygen atoms in total. The van der Waals surface area contributed by atoms with Gasteiger partial charge in [-0.15, -0.1) is 0 Å². The van der Waals surface area contributed by atoms with Gasteiger partial charge >= 0.3 is 0 Å². The second kappa shape index (κ2) is 7.59. The molecule has 0 radical (unpaired) electrons. The molecule has 2 aromatic rings. The molecule has 2 aliphatic rings. The monoisotopic (exact) mass is 427 g/mol. The predicted molar refractivity (Wildman–Crippen MR) is 112 cm³/mol. The minimum Gasteiger partial charge on any atom is -0.493 e. The average Bonchev–Trinajstić information content (AvgIpc) is 2.72. The fourth-order valence-electron chi connectivity index (χ4n) is 4.73. The van der Waals surface area contributed by atoms with Crippen molar-refractivity contribution in [1.82, 2.24) is 4.90 Å². The van der Waals surface area contributed by atoms with Crippen LogP contribution >= 0.6 is 15.9 Å². The van der Waals surface area contributed by atoms with E-state index in [2.05, 4.69) is 69.5 Å². The SMILES string of the molecule is COc1cccc([C@]23CCC[C@H](C2)N(Cc2ccccc2)C=C3Br)c1OC. The third-order valence-electron chi connectivity index (χ3n) is 6.06. The Kier molecular flexibility index (Phi) is 5.18. The molecule has 4 heteroatoms. The lowest BCUT2D eigenvalue weighted by molar-refractivity contribution is 0.145. The molecule has 0 aromatic heterocycles. The standard InChI is InChI=1S/C23H26BrNO2/c1-26-20-12-6-11-19(22(20)27-2)23-13-7-10-18(14-23)25(16-21(23)24)15-17-8-4-3-5-9-17/h3-6,8-9,11-12,16,18H,7,10,13-15H2,1-2H3/t18-,23+/m1/s1. The van der Waals surface area contributed by atoms with Crippen LogP contribution < -0.4 is 9.47 Å². The van der Waals surface area contributed by atoms with E-state index >= 15 is 0 Å². The van der Waals surface area contributed by atoms with E-state index < -0.39 is 0 Å². The van der Waals surface area contributed by atoms with Gasteiger partial charge in [-0.2, -0.15) is 0 Å². The molecule has 0 spiro atoms. The molecule has 1 aliphatic heterocycles. The van der Waals surface area contributed by atoms with Gasteiger partial charge in [0.2, 0.25) is 0 Å². The maximum atomic E-state index is 5.79. The van der Waals surface area contributed by atoms with E-state index in [0.29, 0.717) is 6.04 Å². The maximum absolute atomic E-state index is 5.79. The van der Waals surface area contributed by atoms with E-state index in [4.69, 9.17) is 9.47 Å². The first-order valence-corrected chi connectivity index (χ1v) is 10.4. The van der Waals surface area contributed by atoms with Gasteiger partial charge in [0, 0.05) is 34.2 Å². The van der Waals surface area contributed by atoms with Crippen molar-refractivity contribution in [2.75, 3.05) is 14.2 Å². The highest BCUT2D eigenvalue weighted by Gasteiger charge is 2.46. The highest BCUT2D eigenvalue weighted by molar-refractivity contribution is 9.11. The second-order valence-corrected chi connectivity index (χ2v) is 8.36. The van der Waals surface area contributed by atoms with E-state index in [9.17, 15) is 0 Å². The Morgan fingerprint density at radius 2 is 1.89 bits per heavy atom. The number of fused-ring (bicyclic) bond motifs is 2. The molecule has 0 amide bonds. The molecule has 4 rings (SSSR count). The Morgan fingerprint density at radius 3 is 2.63 bits per heavy atom. The second-order valence-electron chi connectivity index (χ2n) is 7.51. The van der Waals surface area contributed by atoms with Crippen molar-refractivity contribution in [3.8, 4) is 11.5 Å². The topological polar surface area (TPSA) is 21.7 Å². The van der Waals surface area contributed by atoms with Crippen LogP contribution in [0, 0.1) is 0 Å². The van der Waals surface area contributed by atoms with Crippen LogP contribution in [0.3, 0.4) is 0 Å². The van der Waals surface area contributed by atoms with Gasteiger partial charge in [0.1, 0.15) is 0 Å². The summed E-state index contributed by atoms with van der Waals surface area (Å²) in [5.41, 5.74) is 2.55. The van der Waals surface area contributed by atoms with Crippen LogP contribution in [-0.4, -0.2) is 25.2 Å². The molecule has 2 bridgehead atoms. The summed E-state index contributed by atoms with van der Waals surface area (Å²) in [6.45, 7) is 0.950. The first kappa shape index (κ1) is 18.4. The molecule has 1 heterocycles. The first-order chi connectivity index (χ1) is 13.2. The van der Waals surface area contributed by atoms with Gasteiger partial charge in [-0.05, 0) is 30.9 Å². The quantitative estimate of drug-likeness (QED) is 0.616. The minimum atomic E-state index is -0.0318. The van der Waals surface area contributed by atoms with Crippen molar-refractivity contribution in [3.05, 3.63) is 70.3 Å². The highest BCUT2D eigenvalue weighted by Crippen LogP contribution is 2.55. The largest absolute Gasteiger partial charge is 0.493 e. The van der Waals surface area contributed by atoms with Crippen LogP contribution in [-0.2, 0) is 12.0 Å². The molecule has 1 aliphatic carbocycles. The Bertz CT molecular complexity index is 836. The van der Waals surface area contributed by atoms with Crippen LogP contribution in [0.15, 0.2) is 59.2 Å². The van der Waals surface area contributed by atoms with E-state index in [1.807, 2.05) is 6.07 Å². The number of benzene rings is 2. The summed E-state index contributed by atoms with van der Waals surface area (Å²) in [7, 11) is 3.44. The van der Waals surface area contributed by atoms with Gasteiger partial charge in [-0.3, -0.25) is 0 Å². The zero-order valence-corrected chi connectivity index (χ0v) is 17.5. The van der Waals surface area contributed by atoms with Gasteiger partial charge < -0.3 is 14.4 Å². The number of ether oxygens (including phenoxy) is 2. The fraction of sp³-hybridized carbons (Fsp3) is 0.391. The van der Waals surface area contributed by atoms with Gasteiger partial charge in [0.25, 0.3) is 0 Å². The third kappa shape index (κ3) is 3.25. The lowest BCUT2D eigenvalue weighted by atomic mass is 9.65. The summed E-state index contributed by atoms with van der Waals surface area (Å²) in [5.74, 6) is 1.67. The summed E-state index contributed by atoms with van der Waals surface area (Å²) in [5, 5.41) is 0. The number of rotatable bonds is 5. The molecule has 2 aromatic carbocycles. The Morgan fingerprint density at radius 1 is 1.07 bits per heavy atom. The molecule has 142 valence electrons. The number of methoxy groups -OCH3 is 2. The fourth-order valence-corrected chi connectivity index (χ4v) is 5.56. The molecule has 0 N–H and O–H groups in total. The van der Waals surface area contributed by atoms with E-state index in [0.717, 1.165) is 30.9 Å². The number of hydrogen-bond donors (Lipinski definition) is 0. The van der Waals surface area contributed by atoms with Crippen molar-refractivity contribution >= 4 is 15.9 Å². The van der Waals surface area contributed by atoms with Crippen LogP contribution in [0.25, 0.3) is 0 Å². The molecule has 0 unspecified atom stereocenters. The summed E-state index contributed by atoms with van der Waals surface area (Å²) < 4.78 is 12.6. The highest BCUT2D eigenvalue weighted by atomic mass is 79.9. The number of hydrogen-bond acceptors (Lipinski definition) is 3. The van der Waals surface area contributed by atoms with Crippen molar-refractivity contribution in [1.29, 1.82) is 0 Å². The summed E-state index contributed by atoms with van der Waals surface area (Å²) in [4.78, 5) is 2.50. The van der Waals surface area contributed by atoms with Gasteiger partial charge in [0.05, 0.1) is 14.2 Å². The lowest BCUT2D eigenvalue weighted by Gasteiger charge is -2.50. The Hall–Kier alpha value is -1.94. The number of halogens is 1. The average molecular weight is 428 g/mol. The molecular formula is C23H26BrNO2. The normalized spacial score (nSPS) is 24.3. The van der Waals surface area contributed by atoms with Gasteiger partial charge in [0.15, 0.2) is 11.5 Å². The predicted octanol–water partition coefficient (Wildman–Crippen LogP) is 5.64. The van der Waals surface area contributed by atoms with E-state index in [1.54, 1.807) is 14.2 Å². The Balaban J connectivity index is 1.73. The first-order valence-electron chi connectivity index (χ1n) is 9.57. The Labute approximate surface area is 170 Å². The van der Waals surface area contributed by atoms with Crippen LogP contribution in [0.4, 0.5) is 0 Å². The summed E-state index contributed by atoms with van der Waals surface area (Å²) in [6.07, 6.45) is 6.99. The minimum absolute atomic E-state index is 0.0318. The maximum Gasteiger partial charge on any atom is 0.164 e. The number of para-hydroxylation sites is 1. The van der Waals surface area contributed by atoms with Gasteiger partial charge in [-0.25, -0.2) is 0 Å². The van der Waals surface area contributed by atoms with Gasteiger partial charge in [-0.1, -0.05) is 64.8 Å². The van der Waals surface area contributed by atoms with E-state index in [1.165, 1.54) is 28.5 Å². The third-order valence-corrected chi connectivity index (χ3v) is 7.02. The smallest absolute Gasteiger partial charge is 0.164 e. The lowest BCUT2D eigenvalue weighted by Crippen LogP contribution is -2.47. The summed E-state index contributed by atoms with van der Waals surface area (Å²) >= 11 is 3.96. The molecule has 2 atom stereocenters. The van der Waals surface area contributed by atoms with E-state index in [-0.39, 0.29) is 5.41 Å². The van der Waals surface area contributed by atoms with Crippen molar-refractivity contribution in [2.45, 2.75) is 43.7 Å². The number of allylic oxidation sites excluding steroid dienone is 1. The zero-order chi connectivity index (χ0) is 18.9. The molecule has 1 saturated carbocycles. The van der Waals surface area contributed by atoms with Crippen LogP contribution in [0.5, 0.6) is 11.5 Å². The molecule has 0 saturated heterocycles. The number of nitrogens with zero attached hydrogens (tertiary/aromatic N) is 1.